The van der Waals surface area contributed by atoms with E-state index >= 15 is 0 Å². The zero-order chi connectivity index (χ0) is 13.9. The lowest BCUT2D eigenvalue weighted by molar-refractivity contribution is 0.514. The first-order valence-electron chi connectivity index (χ1n) is 6.42. The fourth-order valence-corrected chi connectivity index (χ4v) is 3.10. The maximum absolute atomic E-state index is 10.0. The minimum atomic E-state index is 0.0521. The van der Waals surface area contributed by atoms with Gasteiger partial charge in [0.15, 0.2) is 0 Å². The quantitative estimate of drug-likeness (QED) is 0.389. The molecule has 0 unspecified atom stereocenters. The van der Waals surface area contributed by atoms with Crippen LogP contribution in [0.1, 0.15) is 11.1 Å². The molecule has 1 N–H and O–H groups in total. The molecular weight excluding hydrogens is 248 g/mol. The fraction of sp³-hybridized carbons (Fsp3) is 0. The standard InChI is InChI=1S/C18H12O2/c1-3-11-12-6-4-8-14-17(12)18-13(16(11)10(2)19)7-5-9-15(18)20-14/h3-9,19H,1-2H2. The summed E-state index contributed by atoms with van der Waals surface area (Å²) in [5, 5.41) is 14.1. The van der Waals surface area contributed by atoms with Gasteiger partial charge in [0.05, 0.1) is 0 Å². The molecule has 0 atom stereocenters. The minimum Gasteiger partial charge on any atom is -0.508 e. The van der Waals surface area contributed by atoms with Crippen molar-refractivity contribution >= 4 is 44.5 Å². The highest BCUT2D eigenvalue weighted by Gasteiger charge is 2.19. The fourth-order valence-electron chi connectivity index (χ4n) is 3.10. The summed E-state index contributed by atoms with van der Waals surface area (Å²) in [7, 11) is 0. The van der Waals surface area contributed by atoms with Crippen molar-refractivity contribution in [2.75, 3.05) is 0 Å². The molecule has 20 heavy (non-hydrogen) atoms. The number of benzene rings is 3. The molecule has 0 bridgehead atoms. The smallest absolute Gasteiger partial charge is 0.136 e. The molecular formula is C18H12O2. The van der Waals surface area contributed by atoms with Crippen molar-refractivity contribution in [2.45, 2.75) is 0 Å². The predicted molar refractivity (Wildman–Crippen MR) is 84.2 cm³/mol. The summed E-state index contributed by atoms with van der Waals surface area (Å²) < 4.78 is 5.90. The molecule has 0 saturated carbocycles. The molecule has 1 heterocycles. The van der Waals surface area contributed by atoms with E-state index in [1.807, 2.05) is 36.4 Å². The van der Waals surface area contributed by atoms with Crippen molar-refractivity contribution < 1.29 is 9.52 Å². The summed E-state index contributed by atoms with van der Waals surface area (Å²) in [6.45, 7) is 7.59. The first-order valence-corrected chi connectivity index (χ1v) is 6.42. The lowest BCUT2D eigenvalue weighted by Gasteiger charge is -2.12. The Bertz CT molecular complexity index is 989. The van der Waals surface area contributed by atoms with Crippen LogP contribution in [-0.2, 0) is 0 Å². The largest absolute Gasteiger partial charge is 0.508 e. The molecule has 96 valence electrons. The molecule has 0 aliphatic carbocycles. The number of hydrogen-bond donors (Lipinski definition) is 1. The Kier molecular flexibility index (Phi) is 2.02. The average molecular weight is 260 g/mol. The van der Waals surface area contributed by atoms with E-state index in [4.69, 9.17) is 4.42 Å². The van der Waals surface area contributed by atoms with Gasteiger partial charge in [0, 0.05) is 16.3 Å². The van der Waals surface area contributed by atoms with E-state index in [1.165, 1.54) is 0 Å². The zero-order valence-corrected chi connectivity index (χ0v) is 10.8. The lowest BCUT2D eigenvalue weighted by atomic mass is 9.91. The van der Waals surface area contributed by atoms with Gasteiger partial charge >= 0.3 is 0 Å². The van der Waals surface area contributed by atoms with Gasteiger partial charge in [-0.25, -0.2) is 0 Å². The van der Waals surface area contributed by atoms with Gasteiger partial charge in [-0.05, 0) is 28.5 Å². The molecule has 3 aromatic carbocycles. The molecule has 0 fully saturated rings. The summed E-state index contributed by atoms with van der Waals surface area (Å²) in [5.41, 5.74) is 3.30. The van der Waals surface area contributed by atoms with Gasteiger partial charge in [-0.2, -0.15) is 0 Å². The number of rotatable bonds is 2. The summed E-state index contributed by atoms with van der Waals surface area (Å²) in [5.74, 6) is 0.0521. The van der Waals surface area contributed by atoms with E-state index in [0.717, 1.165) is 43.8 Å². The summed E-state index contributed by atoms with van der Waals surface area (Å²) in [4.78, 5) is 0. The van der Waals surface area contributed by atoms with Crippen LogP contribution in [0.15, 0.2) is 54.0 Å². The normalized spacial score (nSPS) is 11.6. The second kappa shape index (κ2) is 3.64. The van der Waals surface area contributed by atoms with Crippen LogP contribution >= 0.6 is 0 Å². The Labute approximate surface area is 115 Å². The van der Waals surface area contributed by atoms with E-state index in [0.29, 0.717) is 0 Å². The number of aliphatic hydroxyl groups excluding tert-OH is 1. The summed E-state index contributed by atoms with van der Waals surface area (Å²) >= 11 is 0. The van der Waals surface area contributed by atoms with Crippen LogP contribution in [-0.4, -0.2) is 5.11 Å². The van der Waals surface area contributed by atoms with E-state index in [2.05, 4.69) is 13.2 Å². The molecule has 1 aromatic heterocycles. The van der Waals surface area contributed by atoms with Gasteiger partial charge in [-0.15, -0.1) is 0 Å². The molecule has 4 rings (SSSR count). The highest BCUT2D eigenvalue weighted by Crippen LogP contribution is 2.42. The third-order valence-corrected chi connectivity index (χ3v) is 3.84. The first kappa shape index (κ1) is 11.1. The van der Waals surface area contributed by atoms with Crippen molar-refractivity contribution in [3.63, 3.8) is 0 Å². The van der Waals surface area contributed by atoms with Gasteiger partial charge in [0.25, 0.3) is 0 Å². The molecule has 0 spiro atoms. The van der Waals surface area contributed by atoms with Crippen LogP contribution < -0.4 is 0 Å². The number of hydrogen-bond acceptors (Lipinski definition) is 2. The SMILES string of the molecule is C=Cc1c(C(=C)O)c2cccc3oc4cccc1c4c32. The van der Waals surface area contributed by atoms with Crippen LogP contribution in [0.2, 0.25) is 0 Å². The monoisotopic (exact) mass is 260 g/mol. The van der Waals surface area contributed by atoms with E-state index in [1.54, 1.807) is 6.08 Å². The average Bonchev–Trinajstić information content (AvgIpc) is 2.83. The highest BCUT2D eigenvalue weighted by molar-refractivity contribution is 6.25. The van der Waals surface area contributed by atoms with Gasteiger partial charge in [-0.3, -0.25) is 0 Å². The van der Waals surface area contributed by atoms with E-state index < -0.39 is 0 Å². The summed E-state index contributed by atoms with van der Waals surface area (Å²) in [6, 6.07) is 11.8. The van der Waals surface area contributed by atoms with Crippen LogP contribution in [0, 0.1) is 0 Å². The van der Waals surface area contributed by atoms with Crippen molar-refractivity contribution in [3.8, 4) is 0 Å². The lowest BCUT2D eigenvalue weighted by Crippen LogP contribution is -1.92. The third kappa shape index (κ3) is 1.18. The molecule has 0 radical (unpaired) electrons. The van der Waals surface area contributed by atoms with E-state index in [9.17, 15) is 5.11 Å². The topological polar surface area (TPSA) is 33.4 Å². The Hall–Kier alpha value is -2.74. The Balaban J connectivity index is 2.47. The summed E-state index contributed by atoms with van der Waals surface area (Å²) in [6.07, 6.45) is 1.76. The Morgan fingerprint density at radius 1 is 1.00 bits per heavy atom. The van der Waals surface area contributed by atoms with Gasteiger partial charge < -0.3 is 9.52 Å². The second-order valence-electron chi connectivity index (χ2n) is 4.90. The molecule has 0 saturated heterocycles. The molecule has 0 aliphatic heterocycles. The third-order valence-electron chi connectivity index (χ3n) is 3.84. The van der Waals surface area contributed by atoms with Crippen LogP contribution in [0.5, 0.6) is 0 Å². The van der Waals surface area contributed by atoms with Crippen molar-refractivity contribution in [1.82, 2.24) is 0 Å². The van der Waals surface area contributed by atoms with Crippen molar-refractivity contribution in [3.05, 3.63) is 60.7 Å². The molecule has 4 aromatic rings. The number of aliphatic hydroxyl groups is 1. The van der Waals surface area contributed by atoms with Crippen molar-refractivity contribution in [2.24, 2.45) is 0 Å². The Morgan fingerprint density at radius 3 is 2.20 bits per heavy atom. The van der Waals surface area contributed by atoms with Crippen molar-refractivity contribution in [1.29, 1.82) is 0 Å². The molecule has 0 amide bonds. The van der Waals surface area contributed by atoms with Crippen LogP contribution in [0.3, 0.4) is 0 Å². The maximum Gasteiger partial charge on any atom is 0.136 e. The highest BCUT2D eigenvalue weighted by atomic mass is 16.3. The molecule has 0 aliphatic rings. The van der Waals surface area contributed by atoms with Crippen LogP contribution in [0.25, 0.3) is 44.5 Å². The molecule has 2 nitrogen and oxygen atoms in total. The maximum atomic E-state index is 10.0. The second-order valence-corrected chi connectivity index (χ2v) is 4.90. The minimum absolute atomic E-state index is 0.0521. The van der Waals surface area contributed by atoms with Gasteiger partial charge in [-0.1, -0.05) is 43.5 Å². The van der Waals surface area contributed by atoms with Crippen LogP contribution in [0.4, 0.5) is 0 Å². The molecule has 2 heteroatoms. The zero-order valence-electron chi connectivity index (χ0n) is 10.8. The van der Waals surface area contributed by atoms with Gasteiger partial charge in [0.1, 0.15) is 16.9 Å². The predicted octanol–water partition coefficient (Wildman–Crippen LogP) is 5.35. The number of furan rings is 1. The van der Waals surface area contributed by atoms with E-state index in [-0.39, 0.29) is 5.76 Å². The van der Waals surface area contributed by atoms with Gasteiger partial charge in [0.2, 0.25) is 0 Å². The Morgan fingerprint density at radius 2 is 1.60 bits per heavy atom. The first-order chi connectivity index (χ1) is 9.72.